The molecule has 0 atom stereocenters. The molecule has 136 valence electrons. The van der Waals surface area contributed by atoms with Gasteiger partial charge < -0.3 is 5.32 Å². The number of imidazole rings is 1. The summed E-state index contributed by atoms with van der Waals surface area (Å²) in [5, 5.41) is 2.79. The van der Waals surface area contributed by atoms with Crippen molar-refractivity contribution in [3.05, 3.63) is 54.9 Å². The van der Waals surface area contributed by atoms with Crippen molar-refractivity contribution in [3.8, 4) is 5.69 Å². The Hall–Kier alpha value is -3.48. The predicted octanol–water partition coefficient (Wildman–Crippen LogP) is 2.50. The first-order valence-electron chi connectivity index (χ1n) is 8.77. The molecule has 1 fully saturated rings. The first-order chi connectivity index (χ1) is 13.1. The van der Waals surface area contributed by atoms with Gasteiger partial charge in [0.25, 0.3) is 0 Å². The van der Waals surface area contributed by atoms with Crippen molar-refractivity contribution >= 4 is 34.4 Å². The SMILES string of the molecule is O=C(CCN1C(=O)CCC1=O)Nc1ccc(-n2cnc3ccccc32)cc1. The summed E-state index contributed by atoms with van der Waals surface area (Å²) in [6, 6.07) is 15.3. The predicted molar refractivity (Wildman–Crippen MR) is 100 cm³/mol. The van der Waals surface area contributed by atoms with E-state index in [0.717, 1.165) is 21.6 Å². The van der Waals surface area contributed by atoms with Gasteiger partial charge in [0.1, 0.15) is 6.33 Å². The molecule has 0 saturated carbocycles. The Morgan fingerprint density at radius 3 is 2.44 bits per heavy atom. The zero-order chi connectivity index (χ0) is 18.8. The zero-order valence-electron chi connectivity index (χ0n) is 14.6. The Morgan fingerprint density at radius 1 is 1.00 bits per heavy atom. The lowest BCUT2D eigenvalue weighted by Crippen LogP contribution is -2.32. The number of amides is 3. The molecular weight excluding hydrogens is 344 g/mol. The number of fused-ring (bicyclic) bond motifs is 1. The molecule has 2 heterocycles. The fourth-order valence-corrected chi connectivity index (χ4v) is 3.18. The molecule has 0 unspecified atom stereocenters. The average molecular weight is 362 g/mol. The van der Waals surface area contributed by atoms with Crippen molar-refractivity contribution < 1.29 is 14.4 Å². The summed E-state index contributed by atoms with van der Waals surface area (Å²) in [5.41, 5.74) is 3.53. The van der Waals surface area contributed by atoms with Crippen LogP contribution in [0.2, 0.25) is 0 Å². The van der Waals surface area contributed by atoms with Crippen molar-refractivity contribution in [2.24, 2.45) is 0 Å². The van der Waals surface area contributed by atoms with Crippen LogP contribution in [0.5, 0.6) is 0 Å². The van der Waals surface area contributed by atoms with E-state index in [-0.39, 0.29) is 43.5 Å². The standard InChI is InChI=1S/C20H18N4O3/c25-18(11-12-23-19(26)9-10-20(23)27)22-14-5-7-15(8-6-14)24-13-21-16-3-1-2-4-17(16)24/h1-8,13H,9-12H2,(H,22,25). The summed E-state index contributed by atoms with van der Waals surface area (Å²) in [4.78, 5) is 40.8. The average Bonchev–Trinajstić information content (AvgIpc) is 3.24. The van der Waals surface area contributed by atoms with Crippen molar-refractivity contribution in [3.63, 3.8) is 0 Å². The second kappa shape index (κ2) is 7.03. The maximum atomic E-state index is 12.1. The molecule has 0 spiro atoms. The lowest BCUT2D eigenvalue weighted by molar-refractivity contribution is -0.138. The molecule has 1 N–H and O–H groups in total. The summed E-state index contributed by atoms with van der Waals surface area (Å²) in [6.45, 7) is 0.128. The van der Waals surface area contributed by atoms with Gasteiger partial charge in [-0.1, -0.05) is 12.1 Å². The van der Waals surface area contributed by atoms with Crippen LogP contribution in [0.4, 0.5) is 5.69 Å². The monoisotopic (exact) mass is 362 g/mol. The van der Waals surface area contributed by atoms with Gasteiger partial charge in [0, 0.05) is 37.2 Å². The van der Waals surface area contributed by atoms with Crippen LogP contribution >= 0.6 is 0 Å². The molecular formula is C20H18N4O3. The minimum atomic E-state index is -0.233. The number of aromatic nitrogens is 2. The second-order valence-corrected chi connectivity index (χ2v) is 6.39. The molecule has 2 aromatic carbocycles. The minimum Gasteiger partial charge on any atom is -0.326 e. The van der Waals surface area contributed by atoms with Crippen LogP contribution in [0.25, 0.3) is 16.7 Å². The van der Waals surface area contributed by atoms with Gasteiger partial charge in [-0.05, 0) is 36.4 Å². The van der Waals surface area contributed by atoms with Gasteiger partial charge in [-0.15, -0.1) is 0 Å². The third-order valence-electron chi connectivity index (χ3n) is 4.60. The molecule has 1 aliphatic heterocycles. The molecule has 4 rings (SSSR count). The number of carbonyl (C=O) groups excluding carboxylic acids is 3. The fourth-order valence-electron chi connectivity index (χ4n) is 3.18. The van der Waals surface area contributed by atoms with E-state index in [4.69, 9.17) is 0 Å². The Bertz CT molecular complexity index is 1010. The number of nitrogens with one attached hydrogen (secondary N) is 1. The van der Waals surface area contributed by atoms with E-state index in [2.05, 4.69) is 10.3 Å². The van der Waals surface area contributed by atoms with Gasteiger partial charge in [0.2, 0.25) is 17.7 Å². The van der Waals surface area contributed by atoms with Crippen molar-refractivity contribution in [1.29, 1.82) is 0 Å². The molecule has 1 aromatic heterocycles. The van der Waals surface area contributed by atoms with Gasteiger partial charge in [0.15, 0.2) is 0 Å². The third-order valence-corrected chi connectivity index (χ3v) is 4.60. The summed E-state index contributed by atoms with van der Waals surface area (Å²) in [5.74, 6) is -0.641. The lowest BCUT2D eigenvalue weighted by Gasteiger charge is -2.13. The van der Waals surface area contributed by atoms with E-state index in [9.17, 15) is 14.4 Å². The highest BCUT2D eigenvalue weighted by molar-refractivity contribution is 6.02. The van der Waals surface area contributed by atoms with Gasteiger partial charge in [0.05, 0.1) is 11.0 Å². The van der Waals surface area contributed by atoms with Crippen LogP contribution in [-0.4, -0.2) is 38.7 Å². The van der Waals surface area contributed by atoms with Crippen molar-refractivity contribution in [2.75, 3.05) is 11.9 Å². The largest absolute Gasteiger partial charge is 0.326 e. The van der Waals surface area contributed by atoms with Crippen LogP contribution in [0.1, 0.15) is 19.3 Å². The zero-order valence-corrected chi connectivity index (χ0v) is 14.6. The quantitative estimate of drug-likeness (QED) is 0.707. The summed E-state index contributed by atoms with van der Waals surface area (Å²) < 4.78 is 1.98. The Balaban J connectivity index is 1.40. The number of hydrogen-bond acceptors (Lipinski definition) is 4. The first kappa shape index (κ1) is 17.0. The maximum absolute atomic E-state index is 12.1. The van der Waals surface area contributed by atoms with Crippen LogP contribution in [0.3, 0.4) is 0 Å². The van der Waals surface area contributed by atoms with E-state index < -0.39 is 0 Å². The Kier molecular flexibility index (Phi) is 4.42. The highest BCUT2D eigenvalue weighted by Crippen LogP contribution is 2.20. The topological polar surface area (TPSA) is 84.3 Å². The number of nitrogens with zero attached hydrogens (tertiary/aromatic N) is 3. The normalized spacial score (nSPS) is 14.1. The number of anilines is 1. The molecule has 1 saturated heterocycles. The number of imide groups is 1. The molecule has 0 bridgehead atoms. The number of likely N-dealkylation sites (tertiary alicyclic amines) is 1. The molecule has 7 nitrogen and oxygen atoms in total. The van der Waals surface area contributed by atoms with E-state index >= 15 is 0 Å². The lowest BCUT2D eigenvalue weighted by atomic mass is 10.2. The van der Waals surface area contributed by atoms with Crippen LogP contribution < -0.4 is 5.32 Å². The fraction of sp³-hybridized carbons (Fsp3) is 0.200. The van der Waals surface area contributed by atoms with Gasteiger partial charge in [-0.2, -0.15) is 0 Å². The Morgan fingerprint density at radius 2 is 1.70 bits per heavy atom. The summed E-state index contributed by atoms with van der Waals surface area (Å²) in [7, 11) is 0. The second-order valence-electron chi connectivity index (χ2n) is 6.39. The minimum absolute atomic E-state index is 0.0887. The first-order valence-corrected chi connectivity index (χ1v) is 8.77. The summed E-state index contributed by atoms with van der Waals surface area (Å²) in [6.07, 6.45) is 2.34. The van der Waals surface area contributed by atoms with E-state index in [1.165, 1.54) is 0 Å². The third kappa shape index (κ3) is 3.44. The number of rotatable bonds is 5. The van der Waals surface area contributed by atoms with Crippen LogP contribution in [-0.2, 0) is 14.4 Å². The molecule has 3 amide bonds. The number of benzene rings is 2. The molecule has 7 heteroatoms. The number of hydrogen-bond donors (Lipinski definition) is 1. The van der Waals surface area contributed by atoms with Crippen molar-refractivity contribution in [2.45, 2.75) is 19.3 Å². The van der Waals surface area contributed by atoms with Crippen LogP contribution in [0.15, 0.2) is 54.9 Å². The smallest absolute Gasteiger partial charge is 0.229 e. The highest BCUT2D eigenvalue weighted by Gasteiger charge is 2.28. The van der Waals surface area contributed by atoms with Gasteiger partial charge >= 0.3 is 0 Å². The Labute approximate surface area is 155 Å². The molecule has 3 aromatic rings. The molecule has 0 aliphatic carbocycles. The molecule has 27 heavy (non-hydrogen) atoms. The highest BCUT2D eigenvalue weighted by atomic mass is 16.2. The number of carbonyl (C=O) groups is 3. The molecule has 0 radical (unpaired) electrons. The molecule has 1 aliphatic rings. The van der Waals surface area contributed by atoms with E-state index in [0.29, 0.717) is 5.69 Å². The van der Waals surface area contributed by atoms with Gasteiger partial charge in [-0.25, -0.2) is 4.98 Å². The summed E-state index contributed by atoms with van der Waals surface area (Å²) >= 11 is 0. The van der Waals surface area contributed by atoms with Gasteiger partial charge in [-0.3, -0.25) is 23.9 Å². The van der Waals surface area contributed by atoms with E-state index in [1.54, 1.807) is 6.33 Å². The maximum Gasteiger partial charge on any atom is 0.229 e. The van der Waals surface area contributed by atoms with E-state index in [1.807, 2.05) is 53.1 Å². The van der Waals surface area contributed by atoms with Crippen molar-refractivity contribution in [1.82, 2.24) is 14.5 Å². The van der Waals surface area contributed by atoms with Crippen LogP contribution in [0, 0.1) is 0 Å². The number of para-hydroxylation sites is 2.